The van der Waals surface area contributed by atoms with Gasteiger partial charge in [-0.2, -0.15) is 0 Å². The van der Waals surface area contributed by atoms with Crippen LogP contribution in [0.3, 0.4) is 0 Å². The van der Waals surface area contributed by atoms with E-state index in [0.717, 1.165) is 12.1 Å². The molecule has 2 fully saturated rings. The molecule has 2 heteroatoms. The van der Waals surface area contributed by atoms with Crippen molar-refractivity contribution >= 4 is 0 Å². The number of rotatable bonds is 2. The van der Waals surface area contributed by atoms with E-state index in [1.54, 1.807) is 0 Å². The van der Waals surface area contributed by atoms with E-state index < -0.39 is 0 Å². The van der Waals surface area contributed by atoms with Crippen molar-refractivity contribution in [1.29, 1.82) is 0 Å². The van der Waals surface area contributed by atoms with Gasteiger partial charge < -0.3 is 5.73 Å². The second kappa shape index (κ2) is 3.58. The van der Waals surface area contributed by atoms with Gasteiger partial charge in [0.25, 0.3) is 0 Å². The lowest BCUT2D eigenvalue weighted by Gasteiger charge is -2.40. The minimum absolute atomic E-state index is 0.321. The van der Waals surface area contributed by atoms with Crippen LogP contribution in [0.1, 0.15) is 46.0 Å². The molecular formula is C11H22N2. The highest BCUT2D eigenvalue weighted by Crippen LogP contribution is 2.37. The minimum Gasteiger partial charge on any atom is -0.327 e. The van der Waals surface area contributed by atoms with Crippen molar-refractivity contribution in [3.63, 3.8) is 0 Å². The van der Waals surface area contributed by atoms with Crippen LogP contribution in [0.25, 0.3) is 0 Å². The topological polar surface area (TPSA) is 29.3 Å². The van der Waals surface area contributed by atoms with E-state index >= 15 is 0 Å². The fourth-order valence-corrected chi connectivity index (χ4v) is 3.09. The molecule has 2 bridgehead atoms. The summed E-state index contributed by atoms with van der Waals surface area (Å²) in [6.45, 7) is 4.43. The van der Waals surface area contributed by atoms with E-state index in [9.17, 15) is 0 Å². The first-order valence-corrected chi connectivity index (χ1v) is 5.73. The van der Waals surface area contributed by atoms with Crippen LogP contribution in [-0.2, 0) is 0 Å². The van der Waals surface area contributed by atoms with Gasteiger partial charge >= 0.3 is 0 Å². The molecule has 4 unspecified atom stereocenters. The molecule has 0 spiro atoms. The summed E-state index contributed by atoms with van der Waals surface area (Å²) < 4.78 is 0. The van der Waals surface area contributed by atoms with Crippen LogP contribution in [0, 0.1) is 0 Å². The van der Waals surface area contributed by atoms with Gasteiger partial charge in [0.15, 0.2) is 0 Å². The molecule has 2 saturated heterocycles. The third kappa shape index (κ3) is 1.62. The number of nitrogens with two attached hydrogens (primary N) is 1. The normalized spacial score (nSPS) is 39.0. The lowest BCUT2D eigenvalue weighted by Crippen LogP contribution is -2.51. The Hall–Kier alpha value is -0.0800. The summed E-state index contributed by atoms with van der Waals surface area (Å²) in [4.78, 5) is 2.70. The summed E-state index contributed by atoms with van der Waals surface area (Å²) in [7, 11) is 0. The van der Waals surface area contributed by atoms with Gasteiger partial charge in [-0.25, -0.2) is 0 Å². The first-order chi connectivity index (χ1) is 6.20. The number of nitrogens with zero attached hydrogens (tertiary/aromatic N) is 1. The first kappa shape index (κ1) is 9.47. The molecule has 2 aliphatic heterocycles. The molecule has 2 heterocycles. The maximum Gasteiger partial charge on any atom is 0.0222 e. The molecule has 4 atom stereocenters. The quantitative estimate of drug-likeness (QED) is 0.705. The second-order valence-corrected chi connectivity index (χ2v) is 4.86. The summed E-state index contributed by atoms with van der Waals surface area (Å²) in [5.41, 5.74) is 5.98. The zero-order chi connectivity index (χ0) is 9.42. The fourth-order valence-electron chi connectivity index (χ4n) is 3.09. The smallest absolute Gasteiger partial charge is 0.0222 e. The summed E-state index contributed by atoms with van der Waals surface area (Å²) in [5, 5.41) is 0. The van der Waals surface area contributed by atoms with Crippen LogP contribution in [0.5, 0.6) is 0 Å². The molecule has 2 aliphatic rings. The average molecular weight is 182 g/mol. The summed E-state index contributed by atoms with van der Waals surface area (Å²) in [6.07, 6.45) is 7.10. The highest BCUT2D eigenvalue weighted by Gasteiger charge is 2.39. The Morgan fingerprint density at radius 1 is 1.08 bits per heavy atom. The molecule has 2 nitrogen and oxygen atoms in total. The van der Waals surface area contributed by atoms with E-state index in [1.807, 2.05) is 0 Å². The lowest BCUT2D eigenvalue weighted by molar-refractivity contribution is 0.0845. The molecule has 0 aromatic rings. The molecule has 0 radical (unpaired) electrons. The largest absolute Gasteiger partial charge is 0.327 e. The Morgan fingerprint density at radius 2 is 1.62 bits per heavy atom. The molecule has 0 aromatic carbocycles. The van der Waals surface area contributed by atoms with Gasteiger partial charge in [-0.3, -0.25) is 4.90 Å². The van der Waals surface area contributed by atoms with E-state index in [1.165, 1.54) is 32.1 Å². The minimum atomic E-state index is 0.321. The number of fused-ring (bicyclic) bond motifs is 2. The van der Waals surface area contributed by atoms with Crippen molar-refractivity contribution in [2.75, 3.05) is 0 Å². The molecule has 2 N–H and O–H groups in total. The van der Waals surface area contributed by atoms with Crippen LogP contribution < -0.4 is 5.73 Å². The predicted octanol–water partition coefficient (Wildman–Crippen LogP) is 1.74. The van der Waals surface area contributed by atoms with Crippen LogP contribution in [-0.4, -0.2) is 29.1 Å². The fraction of sp³-hybridized carbons (Fsp3) is 1.00. The van der Waals surface area contributed by atoms with Gasteiger partial charge in [0.1, 0.15) is 0 Å². The van der Waals surface area contributed by atoms with Crippen molar-refractivity contribution in [3.8, 4) is 0 Å². The molecule has 0 aliphatic carbocycles. The number of piperidine rings is 1. The molecule has 0 saturated carbocycles. The second-order valence-electron chi connectivity index (χ2n) is 4.86. The van der Waals surface area contributed by atoms with Gasteiger partial charge in [0.05, 0.1) is 0 Å². The van der Waals surface area contributed by atoms with Crippen LogP contribution in [0.2, 0.25) is 0 Å². The number of hydrogen-bond acceptors (Lipinski definition) is 2. The Morgan fingerprint density at radius 3 is 2.08 bits per heavy atom. The molecule has 13 heavy (non-hydrogen) atoms. The zero-order valence-corrected chi connectivity index (χ0v) is 8.87. The number of hydrogen-bond donors (Lipinski definition) is 1. The van der Waals surface area contributed by atoms with Gasteiger partial charge in [-0.1, -0.05) is 6.42 Å². The van der Waals surface area contributed by atoms with Crippen LogP contribution >= 0.6 is 0 Å². The molecular weight excluding hydrogens is 160 g/mol. The zero-order valence-electron chi connectivity index (χ0n) is 8.87. The highest BCUT2D eigenvalue weighted by molar-refractivity contribution is 4.95. The Kier molecular flexibility index (Phi) is 2.61. The monoisotopic (exact) mass is 182 g/mol. The maximum atomic E-state index is 5.98. The Balaban J connectivity index is 2.06. The first-order valence-electron chi connectivity index (χ1n) is 5.73. The van der Waals surface area contributed by atoms with Crippen LogP contribution in [0.4, 0.5) is 0 Å². The molecule has 76 valence electrons. The van der Waals surface area contributed by atoms with Gasteiger partial charge in [-0.05, 0) is 39.5 Å². The lowest BCUT2D eigenvalue weighted by atomic mass is 9.98. The van der Waals surface area contributed by atoms with E-state index in [0.29, 0.717) is 12.1 Å². The van der Waals surface area contributed by atoms with Crippen molar-refractivity contribution < 1.29 is 0 Å². The molecule has 2 rings (SSSR count). The predicted molar refractivity (Wildman–Crippen MR) is 55.6 cm³/mol. The average Bonchev–Trinajstić information content (AvgIpc) is 2.34. The third-order valence-electron chi connectivity index (χ3n) is 3.98. The van der Waals surface area contributed by atoms with Gasteiger partial charge in [0.2, 0.25) is 0 Å². The van der Waals surface area contributed by atoms with Crippen molar-refractivity contribution in [2.24, 2.45) is 5.73 Å². The maximum absolute atomic E-state index is 5.98. The van der Waals surface area contributed by atoms with Crippen LogP contribution in [0.15, 0.2) is 0 Å². The standard InChI is InChI=1S/C11H22N2/c1-8(12)9(2)13-10-4-3-5-11(13)7-6-10/h8-11H,3-7,12H2,1-2H3. The third-order valence-corrected chi connectivity index (χ3v) is 3.98. The van der Waals surface area contributed by atoms with E-state index in [2.05, 4.69) is 18.7 Å². The van der Waals surface area contributed by atoms with Crippen molar-refractivity contribution in [1.82, 2.24) is 4.90 Å². The van der Waals surface area contributed by atoms with Crippen molar-refractivity contribution in [3.05, 3.63) is 0 Å². The summed E-state index contributed by atoms with van der Waals surface area (Å²) in [5.74, 6) is 0. The summed E-state index contributed by atoms with van der Waals surface area (Å²) in [6, 6.07) is 2.62. The van der Waals surface area contributed by atoms with E-state index in [4.69, 9.17) is 5.73 Å². The van der Waals surface area contributed by atoms with Gasteiger partial charge in [0, 0.05) is 24.2 Å². The Bertz CT molecular complexity index is 163. The SMILES string of the molecule is CC(N)C(C)N1C2CCCC1CC2. The molecule has 0 amide bonds. The highest BCUT2D eigenvalue weighted by atomic mass is 15.3. The summed E-state index contributed by atoms with van der Waals surface area (Å²) >= 11 is 0. The van der Waals surface area contributed by atoms with Gasteiger partial charge in [-0.15, -0.1) is 0 Å². The van der Waals surface area contributed by atoms with E-state index in [-0.39, 0.29) is 0 Å². The molecule has 0 aromatic heterocycles. The van der Waals surface area contributed by atoms with Crippen molar-refractivity contribution in [2.45, 2.75) is 70.1 Å². The Labute approximate surface area is 81.5 Å².